The lowest BCUT2D eigenvalue weighted by molar-refractivity contribution is 0.0944. The first-order valence-corrected chi connectivity index (χ1v) is 6.13. The minimum atomic E-state index is -0.113. The van der Waals surface area contributed by atoms with Gasteiger partial charge in [0.15, 0.2) is 0 Å². The molecule has 6 nitrogen and oxygen atoms in total. The van der Waals surface area contributed by atoms with Gasteiger partial charge < -0.3 is 9.88 Å². The maximum Gasteiger partial charge on any atom is 0.267 e. The molecule has 0 unspecified atom stereocenters. The summed E-state index contributed by atoms with van der Waals surface area (Å²) in [5, 5.41) is 6.18. The van der Waals surface area contributed by atoms with Crippen molar-refractivity contribution in [2.24, 2.45) is 5.11 Å². The fraction of sp³-hybridized carbons (Fsp3) is 0.500. The average molecular weight is 300 g/mol. The topological polar surface area (TPSA) is 82.8 Å². The zero-order valence-corrected chi connectivity index (χ0v) is 11.1. The molecular weight excluding hydrogens is 286 g/mol. The maximum atomic E-state index is 11.8. The van der Waals surface area contributed by atoms with Crippen LogP contribution in [0.5, 0.6) is 0 Å². The SMILES string of the molecule is CCn1cc(Br)cc1C(=O)NCCCN=[N+]=[N-]. The molecule has 0 aliphatic rings. The van der Waals surface area contributed by atoms with Crippen molar-refractivity contribution in [3.8, 4) is 0 Å². The van der Waals surface area contributed by atoms with Crippen LogP contribution in [0.2, 0.25) is 0 Å². The molecular formula is C10H14BrN5O. The maximum absolute atomic E-state index is 11.8. The Balaban J connectivity index is 2.48. The number of nitrogens with zero attached hydrogens (tertiary/aromatic N) is 4. The molecule has 1 aromatic heterocycles. The lowest BCUT2D eigenvalue weighted by atomic mass is 10.3. The molecule has 0 fully saturated rings. The zero-order chi connectivity index (χ0) is 12.7. The van der Waals surface area contributed by atoms with Crippen molar-refractivity contribution in [1.29, 1.82) is 0 Å². The quantitative estimate of drug-likeness (QED) is 0.372. The highest BCUT2D eigenvalue weighted by Gasteiger charge is 2.11. The molecule has 1 heterocycles. The number of hydrogen-bond acceptors (Lipinski definition) is 2. The first-order valence-electron chi connectivity index (χ1n) is 5.33. The van der Waals surface area contributed by atoms with Gasteiger partial charge in [-0.25, -0.2) is 0 Å². The third kappa shape index (κ3) is 4.13. The summed E-state index contributed by atoms with van der Waals surface area (Å²) in [7, 11) is 0. The number of amides is 1. The summed E-state index contributed by atoms with van der Waals surface area (Å²) < 4.78 is 2.76. The van der Waals surface area contributed by atoms with Crippen LogP contribution in [0.3, 0.4) is 0 Å². The molecule has 0 aliphatic carbocycles. The number of nitrogens with one attached hydrogen (secondary N) is 1. The minimum Gasteiger partial charge on any atom is -0.351 e. The second-order valence-corrected chi connectivity index (χ2v) is 4.31. The van der Waals surface area contributed by atoms with Gasteiger partial charge in [-0.1, -0.05) is 5.11 Å². The molecule has 0 saturated heterocycles. The van der Waals surface area contributed by atoms with E-state index in [1.165, 1.54) is 0 Å². The Labute approximate surface area is 108 Å². The van der Waals surface area contributed by atoms with E-state index in [0.717, 1.165) is 11.0 Å². The van der Waals surface area contributed by atoms with E-state index in [9.17, 15) is 4.79 Å². The van der Waals surface area contributed by atoms with Gasteiger partial charge in [-0.3, -0.25) is 4.79 Å². The molecule has 1 rings (SSSR count). The van der Waals surface area contributed by atoms with E-state index in [2.05, 4.69) is 31.3 Å². The van der Waals surface area contributed by atoms with Crippen LogP contribution < -0.4 is 5.32 Å². The molecule has 0 saturated carbocycles. The summed E-state index contributed by atoms with van der Waals surface area (Å²) >= 11 is 3.34. The van der Waals surface area contributed by atoms with Gasteiger partial charge in [-0.2, -0.15) is 0 Å². The van der Waals surface area contributed by atoms with Crippen molar-refractivity contribution in [3.63, 3.8) is 0 Å². The van der Waals surface area contributed by atoms with E-state index < -0.39 is 0 Å². The number of halogens is 1. The van der Waals surface area contributed by atoms with Gasteiger partial charge in [-0.15, -0.1) is 0 Å². The van der Waals surface area contributed by atoms with Crippen molar-refractivity contribution in [1.82, 2.24) is 9.88 Å². The third-order valence-corrected chi connectivity index (χ3v) is 2.65. The Hall–Kier alpha value is -1.46. The fourth-order valence-electron chi connectivity index (χ4n) is 1.41. The van der Waals surface area contributed by atoms with E-state index in [1.54, 1.807) is 6.07 Å². The second-order valence-electron chi connectivity index (χ2n) is 3.39. The largest absolute Gasteiger partial charge is 0.351 e. The van der Waals surface area contributed by atoms with E-state index >= 15 is 0 Å². The molecule has 1 N–H and O–H groups in total. The molecule has 1 amide bonds. The number of aryl methyl sites for hydroxylation is 1. The van der Waals surface area contributed by atoms with Crippen LogP contribution in [0.1, 0.15) is 23.8 Å². The molecule has 0 radical (unpaired) electrons. The summed E-state index contributed by atoms with van der Waals surface area (Å²) in [6, 6.07) is 1.78. The van der Waals surface area contributed by atoms with Gasteiger partial charge in [0.05, 0.1) is 0 Å². The molecule has 0 aromatic carbocycles. The van der Waals surface area contributed by atoms with Crippen molar-refractivity contribution in [3.05, 3.63) is 32.9 Å². The zero-order valence-electron chi connectivity index (χ0n) is 9.56. The van der Waals surface area contributed by atoms with Crippen LogP contribution >= 0.6 is 15.9 Å². The normalized spacial score (nSPS) is 9.76. The summed E-state index contributed by atoms with van der Waals surface area (Å²) in [5.74, 6) is -0.113. The van der Waals surface area contributed by atoms with Crippen LogP contribution in [0, 0.1) is 0 Å². The summed E-state index contributed by atoms with van der Waals surface area (Å²) in [5.41, 5.74) is 8.71. The number of aromatic nitrogens is 1. The number of rotatable bonds is 6. The molecule has 92 valence electrons. The van der Waals surface area contributed by atoms with E-state index in [4.69, 9.17) is 5.53 Å². The Morgan fingerprint density at radius 1 is 1.71 bits per heavy atom. The second kappa shape index (κ2) is 6.98. The van der Waals surface area contributed by atoms with E-state index in [-0.39, 0.29) is 5.91 Å². The molecule has 1 aromatic rings. The van der Waals surface area contributed by atoms with Gasteiger partial charge in [0.25, 0.3) is 5.91 Å². The van der Waals surface area contributed by atoms with Gasteiger partial charge in [-0.05, 0) is 40.9 Å². The van der Waals surface area contributed by atoms with Crippen molar-refractivity contribution in [2.45, 2.75) is 19.9 Å². The molecule has 0 bridgehead atoms. The van der Waals surface area contributed by atoms with Crippen LogP contribution in [0.15, 0.2) is 21.9 Å². The smallest absolute Gasteiger partial charge is 0.267 e. The van der Waals surface area contributed by atoms with Crippen molar-refractivity contribution in [2.75, 3.05) is 13.1 Å². The molecule has 0 spiro atoms. The predicted molar refractivity (Wildman–Crippen MR) is 68.8 cm³/mol. The Bertz CT molecular complexity index is 436. The average Bonchev–Trinajstić information content (AvgIpc) is 2.70. The van der Waals surface area contributed by atoms with Crippen molar-refractivity contribution < 1.29 is 4.79 Å². The van der Waals surface area contributed by atoms with Crippen LogP contribution in [-0.2, 0) is 6.54 Å². The Kier molecular flexibility index (Phi) is 5.59. The van der Waals surface area contributed by atoms with Gasteiger partial charge in [0.1, 0.15) is 5.69 Å². The lowest BCUT2D eigenvalue weighted by Crippen LogP contribution is -2.27. The highest BCUT2D eigenvalue weighted by molar-refractivity contribution is 9.10. The number of carbonyl (C=O) groups is 1. The van der Waals surface area contributed by atoms with Crippen LogP contribution in [0.25, 0.3) is 10.4 Å². The summed E-state index contributed by atoms with van der Waals surface area (Å²) in [4.78, 5) is 14.5. The number of azide groups is 1. The highest BCUT2D eigenvalue weighted by Crippen LogP contribution is 2.14. The van der Waals surface area contributed by atoms with E-state index in [1.807, 2.05) is 17.7 Å². The predicted octanol–water partition coefficient (Wildman–Crippen LogP) is 2.70. The van der Waals surface area contributed by atoms with Crippen LogP contribution in [0.4, 0.5) is 0 Å². The van der Waals surface area contributed by atoms with Gasteiger partial charge >= 0.3 is 0 Å². The summed E-state index contributed by atoms with van der Waals surface area (Å²) in [6.45, 7) is 3.62. The van der Waals surface area contributed by atoms with Crippen molar-refractivity contribution >= 4 is 21.8 Å². The fourth-order valence-corrected chi connectivity index (χ4v) is 1.88. The number of hydrogen-bond donors (Lipinski definition) is 1. The highest BCUT2D eigenvalue weighted by atomic mass is 79.9. The Morgan fingerprint density at radius 3 is 3.12 bits per heavy atom. The number of carbonyl (C=O) groups excluding carboxylic acids is 1. The molecule has 17 heavy (non-hydrogen) atoms. The first kappa shape index (κ1) is 13.6. The monoisotopic (exact) mass is 299 g/mol. The van der Waals surface area contributed by atoms with Crippen LogP contribution in [-0.4, -0.2) is 23.6 Å². The minimum absolute atomic E-state index is 0.113. The standard InChI is InChI=1S/C10H14BrN5O/c1-2-16-7-8(11)6-9(16)10(17)13-4-3-5-14-15-12/h6-7H,2-5H2,1H3,(H,13,17). The van der Waals surface area contributed by atoms with Gasteiger partial charge in [0.2, 0.25) is 0 Å². The molecule has 7 heteroatoms. The Morgan fingerprint density at radius 2 is 2.47 bits per heavy atom. The van der Waals surface area contributed by atoms with E-state index in [0.29, 0.717) is 25.2 Å². The summed E-state index contributed by atoms with van der Waals surface area (Å²) in [6.07, 6.45) is 2.51. The lowest BCUT2D eigenvalue weighted by Gasteiger charge is -2.06. The first-order chi connectivity index (χ1) is 8.19. The molecule has 0 aliphatic heterocycles. The van der Waals surface area contributed by atoms with Gasteiger partial charge in [0, 0.05) is 35.2 Å². The molecule has 0 atom stereocenters. The third-order valence-electron chi connectivity index (χ3n) is 2.22.